The summed E-state index contributed by atoms with van der Waals surface area (Å²) in [6.07, 6.45) is 5.96. The number of hydrogen-bond acceptors (Lipinski definition) is 2. The fraction of sp³-hybridized carbons (Fsp3) is 0.682. The van der Waals surface area contributed by atoms with E-state index in [1.165, 1.54) is 24.8 Å². The van der Waals surface area contributed by atoms with Gasteiger partial charge in [-0.05, 0) is 61.3 Å². The van der Waals surface area contributed by atoms with Crippen molar-refractivity contribution in [3.05, 3.63) is 35.9 Å². The number of rotatable bonds is 2. The van der Waals surface area contributed by atoms with Crippen molar-refractivity contribution in [1.29, 1.82) is 0 Å². The monoisotopic (exact) mass is 338 g/mol. The second kappa shape index (κ2) is 5.09. The van der Waals surface area contributed by atoms with Crippen molar-refractivity contribution in [2.75, 3.05) is 19.6 Å². The van der Waals surface area contributed by atoms with Crippen LogP contribution in [0.4, 0.5) is 0 Å². The molecule has 4 aliphatic carbocycles. The molecule has 0 spiro atoms. The van der Waals surface area contributed by atoms with Gasteiger partial charge in [0.25, 0.3) is 0 Å². The van der Waals surface area contributed by atoms with Crippen LogP contribution in [0, 0.1) is 16.7 Å². The van der Waals surface area contributed by atoms with Gasteiger partial charge >= 0.3 is 0 Å². The van der Waals surface area contributed by atoms with Gasteiger partial charge in [0.2, 0.25) is 5.91 Å². The van der Waals surface area contributed by atoms with Crippen molar-refractivity contribution in [3.63, 3.8) is 0 Å². The van der Waals surface area contributed by atoms with Crippen molar-refractivity contribution in [1.82, 2.24) is 10.2 Å². The molecule has 1 aliphatic heterocycles. The van der Waals surface area contributed by atoms with Crippen LogP contribution >= 0.6 is 0 Å². The molecule has 25 heavy (non-hydrogen) atoms. The van der Waals surface area contributed by atoms with Gasteiger partial charge in [0.15, 0.2) is 0 Å². The van der Waals surface area contributed by atoms with Crippen LogP contribution in [0.1, 0.15) is 51.5 Å². The Morgan fingerprint density at radius 3 is 2.72 bits per heavy atom. The van der Waals surface area contributed by atoms with Crippen molar-refractivity contribution >= 4 is 5.91 Å². The summed E-state index contributed by atoms with van der Waals surface area (Å²) >= 11 is 0. The molecule has 1 saturated heterocycles. The maximum atomic E-state index is 13.8. The van der Waals surface area contributed by atoms with Crippen LogP contribution < -0.4 is 5.32 Å². The molecule has 1 N–H and O–H groups in total. The van der Waals surface area contributed by atoms with Crippen LogP contribution in [-0.2, 0) is 10.2 Å². The van der Waals surface area contributed by atoms with E-state index >= 15 is 0 Å². The van der Waals surface area contributed by atoms with Crippen molar-refractivity contribution < 1.29 is 4.79 Å². The number of carbonyl (C=O) groups excluding carboxylic acids is 1. The van der Waals surface area contributed by atoms with Gasteiger partial charge < -0.3 is 10.2 Å². The molecule has 3 heteroatoms. The van der Waals surface area contributed by atoms with Crippen LogP contribution in [0.5, 0.6) is 0 Å². The standard InChI is InChI=1S/C22H30N2O/c1-16-13-24(9-8-23-16)19(25)22-12-17-10-20(22,2)14-21(11-17,15-22)18-6-4-3-5-7-18/h3-7,16-17,23H,8-15H2,1-2H3/t16-,17?,20?,21?,22?/m0/s1. The third kappa shape index (κ3) is 2.05. The number of amides is 1. The minimum Gasteiger partial charge on any atom is -0.339 e. The highest BCUT2D eigenvalue weighted by Crippen LogP contribution is 2.76. The van der Waals surface area contributed by atoms with E-state index in [4.69, 9.17) is 0 Å². The van der Waals surface area contributed by atoms with Gasteiger partial charge in [0.1, 0.15) is 0 Å². The SMILES string of the molecule is C[C@H]1CN(C(=O)C23CC4CC(c5ccccc5)(CC2(C)C4)C3)CCN1. The topological polar surface area (TPSA) is 32.3 Å². The molecule has 5 fully saturated rings. The Kier molecular flexibility index (Phi) is 3.23. The zero-order valence-electron chi connectivity index (χ0n) is 15.6. The highest BCUT2D eigenvalue weighted by molar-refractivity contribution is 5.85. The number of piperazine rings is 1. The van der Waals surface area contributed by atoms with E-state index in [2.05, 4.69) is 54.4 Å². The lowest BCUT2D eigenvalue weighted by Crippen LogP contribution is -2.56. The number of nitrogens with one attached hydrogen (secondary N) is 1. The molecule has 3 nitrogen and oxygen atoms in total. The number of carbonyl (C=O) groups is 1. The highest BCUT2D eigenvalue weighted by Gasteiger charge is 2.73. The van der Waals surface area contributed by atoms with Gasteiger partial charge in [-0.1, -0.05) is 37.3 Å². The summed E-state index contributed by atoms with van der Waals surface area (Å²) in [5, 5.41) is 3.48. The summed E-state index contributed by atoms with van der Waals surface area (Å²) in [5.41, 5.74) is 1.81. The predicted molar refractivity (Wildman–Crippen MR) is 99.3 cm³/mol. The first-order chi connectivity index (χ1) is 12.0. The van der Waals surface area contributed by atoms with E-state index in [1.54, 1.807) is 0 Å². The molecule has 4 bridgehead atoms. The maximum absolute atomic E-state index is 13.8. The molecule has 1 amide bonds. The minimum absolute atomic E-state index is 0.108. The van der Waals surface area contributed by atoms with Gasteiger partial charge in [-0.3, -0.25) is 4.79 Å². The average Bonchev–Trinajstić information content (AvgIpc) is 2.92. The van der Waals surface area contributed by atoms with Crippen LogP contribution in [0.3, 0.4) is 0 Å². The second-order valence-electron chi connectivity index (χ2n) is 9.73. The Hall–Kier alpha value is -1.35. The summed E-state index contributed by atoms with van der Waals surface area (Å²) in [7, 11) is 0. The first-order valence-electron chi connectivity index (χ1n) is 10.0. The number of hydrogen-bond donors (Lipinski definition) is 1. The van der Waals surface area contributed by atoms with Crippen LogP contribution in [0.15, 0.2) is 30.3 Å². The third-order valence-electron chi connectivity index (χ3n) is 8.03. The van der Waals surface area contributed by atoms with E-state index < -0.39 is 0 Å². The predicted octanol–water partition coefficient (Wildman–Crippen LogP) is 3.34. The van der Waals surface area contributed by atoms with E-state index in [1.807, 2.05) is 0 Å². The van der Waals surface area contributed by atoms with Crippen LogP contribution in [-0.4, -0.2) is 36.5 Å². The minimum atomic E-state index is -0.108. The summed E-state index contributed by atoms with van der Waals surface area (Å²) in [4.78, 5) is 16.0. The maximum Gasteiger partial charge on any atom is 0.229 e. The number of nitrogens with zero attached hydrogens (tertiary/aromatic N) is 1. The Labute approximate surface area is 151 Å². The first-order valence-corrected chi connectivity index (χ1v) is 10.0. The molecule has 0 aromatic heterocycles. The Bertz CT molecular complexity index is 703. The molecule has 0 radical (unpaired) electrons. The van der Waals surface area contributed by atoms with E-state index in [0.717, 1.165) is 38.4 Å². The van der Waals surface area contributed by atoms with Gasteiger partial charge in [0, 0.05) is 25.7 Å². The van der Waals surface area contributed by atoms with Crippen molar-refractivity contribution in [3.8, 4) is 0 Å². The van der Waals surface area contributed by atoms with E-state index in [-0.39, 0.29) is 16.2 Å². The first kappa shape index (κ1) is 15.9. The molecule has 5 atom stereocenters. The molecule has 6 rings (SSSR count). The highest BCUT2D eigenvalue weighted by atomic mass is 16.2. The zero-order valence-corrected chi connectivity index (χ0v) is 15.6. The van der Waals surface area contributed by atoms with E-state index in [9.17, 15) is 4.79 Å². The van der Waals surface area contributed by atoms with Gasteiger partial charge in [0.05, 0.1) is 5.41 Å². The number of benzene rings is 1. The Morgan fingerprint density at radius 1 is 1.16 bits per heavy atom. The Balaban J connectivity index is 1.53. The lowest BCUT2D eigenvalue weighted by Gasteiger charge is -2.44. The van der Waals surface area contributed by atoms with E-state index in [0.29, 0.717) is 11.9 Å². The fourth-order valence-corrected chi connectivity index (χ4v) is 7.35. The normalized spacial score (nSPS) is 45.1. The zero-order chi connectivity index (χ0) is 17.3. The summed E-state index contributed by atoms with van der Waals surface area (Å²) in [6, 6.07) is 11.5. The molecule has 5 aliphatic rings. The summed E-state index contributed by atoms with van der Waals surface area (Å²) in [6.45, 7) is 7.32. The summed E-state index contributed by atoms with van der Waals surface area (Å²) < 4.78 is 0. The fourth-order valence-electron chi connectivity index (χ4n) is 7.35. The lowest BCUT2D eigenvalue weighted by molar-refractivity contribution is -0.148. The van der Waals surface area contributed by atoms with Gasteiger partial charge in [-0.25, -0.2) is 0 Å². The molecule has 134 valence electrons. The molecule has 4 unspecified atom stereocenters. The molecule has 1 aromatic carbocycles. The van der Waals surface area contributed by atoms with Gasteiger partial charge in [-0.2, -0.15) is 0 Å². The molecule has 4 saturated carbocycles. The average molecular weight is 338 g/mol. The quantitative estimate of drug-likeness (QED) is 0.897. The molecule has 1 heterocycles. The van der Waals surface area contributed by atoms with Crippen LogP contribution in [0.2, 0.25) is 0 Å². The van der Waals surface area contributed by atoms with Crippen LogP contribution in [0.25, 0.3) is 0 Å². The molecule has 1 aromatic rings. The second-order valence-corrected chi connectivity index (χ2v) is 9.73. The van der Waals surface area contributed by atoms with Gasteiger partial charge in [-0.15, -0.1) is 0 Å². The third-order valence-corrected chi connectivity index (χ3v) is 8.03. The summed E-state index contributed by atoms with van der Waals surface area (Å²) in [5.74, 6) is 1.21. The molecular weight excluding hydrogens is 308 g/mol. The molecular formula is C22H30N2O. The smallest absolute Gasteiger partial charge is 0.229 e. The lowest BCUT2D eigenvalue weighted by atomic mass is 9.63. The Morgan fingerprint density at radius 2 is 1.96 bits per heavy atom. The van der Waals surface area contributed by atoms with Crippen molar-refractivity contribution in [2.24, 2.45) is 16.7 Å². The largest absolute Gasteiger partial charge is 0.339 e. The van der Waals surface area contributed by atoms with Crippen molar-refractivity contribution in [2.45, 2.75) is 57.4 Å².